The van der Waals surface area contributed by atoms with Crippen LogP contribution in [0.15, 0.2) is 22.7 Å². The minimum absolute atomic E-state index is 0.0953. The van der Waals surface area contributed by atoms with Crippen molar-refractivity contribution in [3.8, 4) is 5.75 Å². The number of hydrogen-bond acceptors (Lipinski definition) is 6. The molecule has 0 saturated carbocycles. The highest BCUT2D eigenvalue weighted by molar-refractivity contribution is 5.32. The van der Waals surface area contributed by atoms with E-state index in [1.165, 1.54) is 0 Å². The summed E-state index contributed by atoms with van der Waals surface area (Å²) in [5.74, 6) is 2.19. The SMILES string of the molecule is Cc1cc(C)cc(OCC(O)CNC(c2nc(C)no2)C(C)C)c1. The summed E-state index contributed by atoms with van der Waals surface area (Å²) in [6.45, 7) is 10.6. The van der Waals surface area contributed by atoms with Crippen LogP contribution in [0.5, 0.6) is 5.75 Å². The van der Waals surface area contributed by atoms with Crippen LogP contribution in [0.3, 0.4) is 0 Å². The Bertz CT molecular complexity index is 634. The third kappa shape index (κ3) is 5.32. The first-order chi connectivity index (χ1) is 11.3. The van der Waals surface area contributed by atoms with Gasteiger partial charge in [-0.25, -0.2) is 0 Å². The van der Waals surface area contributed by atoms with Gasteiger partial charge in [0, 0.05) is 6.54 Å². The van der Waals surface area contributed by atoms with Gasteiger partial charge in [-0.1, -0.05) is 25.1 Å². The van der Waals surface area contributed by atoms with E-state index in [9.17, 15) is 5.11 Å². The molecule has 0 spiro atoms. The molecule has 0 aliphatic carbocycles. The van der Waals surface area contributed by atoms with E-state index in [2.05, 4.69) is 35.4 Å². The molecule has 0 fully saturated rings. The van der Waals surface area contributed by atoms with Crippen LogP contribution in [-0.4, -0.2) is 34.5 Å². The molecule has 0 bridgehead atoms. The fourth-order valence-electron chi connectivity index (χ4n) is 2.58. The molecule has 0 aliphatic rings. The van der Waals surface area contributed by atoms with Crippen LogP contribution >= 0.6 is 0 Å². The van der Waals surface area contributed by atoms with Crippen molar-refractivity contribution in [1.29, 1.82) is 0 Å². The summed E-state index contributed by atoms with van der Waals surface area (Å²) in [6, 6.07) is 5.92. The van der Waals surface area contributed by atoms with Crippen molar-refractivity contribution in [2.24, 2.45) is 5.92 Å². The maximum Gasteiger partial charge on any atom is 0.244 e. The van der Waals surface area contributed by atoms with E-state index in [1.54, 1.807) is 6.92 Å². The van der Waals surface area contributed by atoms with Crippen LogP contribution in [0.2, 0.25) is 0 Å². The Morgan fingerprint density at radius 3 is 2.38 bits per heavy atom. The van der Waals surface area contributed by atoms with Gasteiger partial charge in [-0.3, -0.25) is 0 Å². The lowest BCUT2D eigenvalue weighted by molar-refractivity contribution is 0.0993. The van der Waals surface area contributed by atoms with Gasteiger partial charge in [0.15, 0.2) is 5.82 Å². The van der Waals surface area contributed by atoms with Crippen molar-refractivity contribution >= 4 is 0 Å². The van der Waals surface area contributed by atoms with Gasteiger partial charge in [-0.05, 0) is 49.9 Å². The molecule has 2 N–H and O–H groups in total. The Hall–Kier alpha value is -1.92. The molecule has 1 heterocycles. The molecule has 24 heavy (non-hydrogen) atoms. The van der Waals surface area contributed by atoms with E-state index < -0.39 is 6.10 Å². The third-order valence-corrected chi connectivity index (χ3v) is 3.69. The lowest BCUT2D eigenvalue weighted by atomic mass is 10.0. The summed E-state index contributed by atoms with van der Waals surface area (Å²) in [5, 5.41) is 17.3. The summed E-state index contributed by atoms with van der Waals surface area (Å²) in [5.41, 5.74) is 2.29. The molecular weight excluding hydrogens is 306 g/mol. The minimum Gasteiger partial charge on any atom is -0.491 e. The molecule has 0 aliphatic heterocycles. The third-order valence-electron chi connectivity index (χ3n) is 3.69. The topological polar surface area (TPSA) is 80.4 Å². The second-order valence-electron chi connectivity index (χ2n) is 6.60. The van der Waals surface area contributed by atoms with E-state index in [4.69, 9.17) is 9.26 Å². The fraction of sp³-hybridized carbons (Fsp3) is 0.556. The first-order valence-electron chi connectivity index (χ1n) is 8.28. The standard InChI is InChI=1S/C18H27N3O3/c1-11(2)17(18-20-14(5)21-24-18)19-9-15(22)10-23-16-7-12(3)6-13(4)8-16/h6-8,11,15,17,19,22H,9-10H2,1-5H3. The van der Waals surface area contributed by atoms with Crippen molar-refractivity contribution in [3.63, 3.8) is 0 Å². The van der Waals surface area contributed by atoms with Crippen molar-refractivity contribution < 1.29 is 14.4 Å². The van der Waals surface area contributed by atoms with Crippen LogP contribution in [0, 0.1) is 26.7 Å². The predicted octanol–water partition coefficient (Wildman–Crippen LogP) is 2.72. The highest BCUT2D eigenvalue weighted by Gasteiger charge is 2.22. The quantitative estimate of drug-likeness (QED) is 0.773. The molecule has 1 aromatic carbocycles. The van der Waals surface area contributed by atoms with Crippen LogP contribution < -0.4 is 10.1 Å². The molecule has 2 unspecified atom stereocenters. The fourth-order valence-corrected chi connectivity index (χ4v) is 2.58. The van der Waals surface area contributed by atoms with Gasteiger partial charge >= 0.3 is 0 Å². The summed E-state index contributed by atoms with van der Waals surface area (Å²) in [4.78, 5) is 4.27. The highest BCUT2D eigenvalue weighted by Crippen LogP contribution is 2.20. The molecule has 2 rings (SSSR count). The number of aryl methyl sites for hydroxylation is 3. The van der Waals surface area contributed by atoms with E-state index in [0.29, 0.717) is 18.3 Å². The summed E-state index contributed by atoms with van der Waals surface area (Å²) in [7, 11) is 0. The zero-order valence-corrected chi connectivity index (χ0v) is 15.0. The van der Waals surface area contributed by atoms with Crippen molar-refractivity contribution in [3.05, 3.63) is 41.0 Å². The van der Waals surface area contributed by atoms with Crippen LogP contribution in [0.4, 0.5) is 0 Å². The first-order valence-corrected chi connectivity index (χ1v) is 8.28. The summed E-state index contributed by atoms with van der Waals surface area (Å²) in [6.07, 6.45) is -0.629. The number of nitrogens with one attached hydrogen (secondary N) is 1. The number of aliphatic hydroxyl groups is 1. The Kier molecular flexibility index (Phi) is 6.34. The van der Waals surface area contributed by atoms with Gasteiger partial charge in [0.2, 0.25) is 5.89 Å². The van der Waals surface area contributed by atoms with Crippen molar-refractivity contribution in [2.75, 3.05) is 13.2 Å². The van der Waals surface area contributed by atoms with Crippen molar-refractivity contribution in [2.45, 2.75) is 46.8 Å². The highest BCUT2D eigenvalue weighted by atomic mass is 16.5. The average Bonchev–Trinajstić information content (AvgIpc) is 2.90. The molecule has 6 nitrogen and oxygen atoms in total. The summed E-state index contributed by atoms with van der Waals surface area (Å²) < 4.78 is 10.9. The zero-order chi connectivity index (χ0) is 17.7. The van der Waals surface area contributed by atoms with E-state index in [1.807, 2.05) is 26.0 Å². The second kappa shape index (κ2) is 8.26. The van der Waals surface area contributed by atoms with Gasteiger partial charge in [0.1, 0.15) is 18.5 Å². The number of hydrogen-bond donors (Lipinski definition) is 2. The molecule has 2 aromatic rings. The van der Waals surface area contributed by atoms with Gasteiger partial charge in [0.25, 0.3) is 0 Å². The molecular formula is C18H27N3O3. The lowest BCUT2D eigenvalue weighted by Gasteiger charge is -2.21. The molecule has 2 atom stereocenters. The Morgan fingerprint density at radius 2 is 1.83 bits per heavy atom. The summed E-state index contributed by atoms with van der Waals surface area (Å²) >= 11 is 0. The number of aromatic nitrogens is 2. The zero-order valence-electron chi connectivity index (χ0n) is 15.0. The van der Waals surface area contributed by atoms with Crippen molar-refractivity contribution in [1.82, 2.24) is 15.5 Å². The molecule has 132 valence electrons. The Labute approximate surface area is 143 Å². The molecule has 6 heteroatoms. The molecule has 1 aromatic heterocycles. The lowest BCUT2D eigenvalue weighted by Crippen LogP contribution is -2.36. The Morgan fingerprint density at radius 1 is 1.17 bits per heavy atom. The van der Waals surface area contributed by atoms with E-state index >= 15 is 0 Å². The monoisotopic (exact) mass is 333 g/mol. The van der Waals surface area contributed by atoms with Gasteiger partial charge < -0.3 is 19.7 Å². The second-order valence-corrected chi connectivity index (χ2v) is 6.60. The van der Waals surface area contributed by atoms with Gasteiger partial charge in [0.05, 0.1) is 6.04 Å². The van der Waals surface area contributed by atoms with Crippen LogP contribution in [0.25, 0.3) is 0 Å². The number of benzene rings is 1. The smallest absolute Gasteiger partial charge is 0.244 e. The van der Waals surface area contributed by atoms with E-state index in [-0.39, 0.29) is 18.6 Å². The van der Waals surface area contributed by atoms with E-state index in [0.717, 1.165) is 16.9 Å². The average molecular weight is 333 g/mol. The maximum atomic E-state index is 10.2. The number of ether oxygens (including phenoxy) is 1. The van der Waals surface area contributed by atoms with Gasteiger partial charge in [-0.15, -0.1) is 0 Å². The van der Waals surface area contributed by atoms with Gasteiger partial charge in [-0.2, -0.15) is 4.98 Å². The number of nitrogens with zero attached hydrogens (tertiary/aromatic N) is 2. The maximum absolute atomic E-state index is 10.2. The minimum atomic E-state index is -0.629. The van der Waals surface area contributed by atoms with Crippen LogP contribution in [-0.2, 0) is 0 Å². The predicted molar refractivity (Wildman–Crippen MR) is 92.0 cm³/mol. The number of aliphatic hydroxyl groups excluding tert-OH is 1. The molecule has 0 amide bonds. The Balaban J connectivity index is 1.85. The largest absolute Gasteiger partial charge is 0.491 e. The molecule has 0 saturated heterocycles. The normalized spacial score (nSPS) is 14.0. The molecule has 0 radical (unpaired) electrons. The number of rotatable bonds is 8. The first kappa shape index (κ1) is 18.4. The van der Waals surface area contributed by atoms with Crippen LogP contribution in [0.1, 0.15) is 42.7 Å².